The van der Waals surface area contributed by atoms with E-state index in [0.29, 0.717) is 29.7 Å². The number of oxime groups is 1. The predicted molar refractivity (Wildman–Crippen MR) is 183 cm³/mol. The molecule has 0 bridgehead atoms. The fourth-order valence-electron chi connectivity index (χ4n) is 6.15. The van der Waals surface area contributed by atoms with Gasteiger partial charge in [-0.05, 0) is 12.1 Å². The van der Waals surface area contributed by atoms with Crippen LogP contribution in [0, 0.1) is 0 Å². The number of anilines is 1. The van der Waals surface area contributed by atoms with Gasteiger partial charge >= 0.3 is 5.97 Å². The number of nitrogens with one attached hydrogen (secondary N) is 3. The highest BCUT2D eigenvalue weighted by atomic mass is 35.5. The van der Waals surface area contributed by atoms with E-state index in [4.69, 9.17) is 22.2 Å². The molecular weight excluding hydrogens is 748 g/mol. The number of nitrogen functional groups attached to an aromatic ring is 1. The molecule has 2 fully saturated rings. The number of carboxylic acid groups (broad SMARTS) is 2. The van der Waals surface area contributed by atoms with Crippen LogP contribution in [0.25, 0.3) is 0 Å². The molecule has 22 heteroatoms. The molecule has 4 amide bonds. The molecular formula is C30H33ClN8O11S2. The van der Waals surface area contributed by atoms with Crippen LogP contribution in [0.4, 0.5) is 5.13 Å². The van der Waals surface area contributed by atoms with Gasteiger partial charge in [-0.1, -0.05) is 16.8 Å². The lowest BCUT2D eigenvalue weighted by Crippen LogP contribution is -2.72. The van der Waals surface area contributed by atoms with Gasteiger partial charge in [-0.3, -0.25) is 24.1 Å². The summed E-state index contributed by atoms with van der Waals surface area (Å²) in [5, 5.41) is 52.8. The number of quaternary nitrogens is 1. The second-order valence-electron chi connectivity index (χ2n) is 12.0. The number of thioether (sulfide) groups is 1. The van der Waals surface area contributed by atoms with Gasteiger partial charge in [-0.25, -0.2) is 9.78 Å². The number of hydrogen-bond donors (Lipinski definition) is 7. The number of carbonyl (C=O) groups is 6. The van der Waals surface area contributed by atoms with E-state index in [1.165, 1.54) is 23.2 Å². The number of thiazole rings is 1. The van der Waals surface area contributed by atoms with Gasteiger partial charge in [0.25, 0.3) is 17.7 Å². The zero-order valence-electron chi connectivity index (χ0n) is 27.1. The first-order chi connectivity index (χ1) is 24.8. The lowest BCUT2D eigenvalue weighted by atomic mass is 10.0. The Labute approximate surface area is 308 Å². The summed E-state index contributed by atoms with van der Waals surface area (Å²) in [7, 11) is 0. The molecule has 3 aliphatic heterocycles. The smallest absolute Gasteiger partial charge is 0.349 e. The number of aliphatic carboxylic acids is 2. The van der Waals surface area contributed by atoms with Crippen molar-refractivity contribution in [1.82, 2.24) is 25.8 Å². The van der Waals surface area contributed by atoms with Crippen molar-refractivity contribution in [3.63, 3.8) is 0 Å². The Morgan fingerprint density at radius 2 is 1.98 bits per heavy atom. The van der Waals surface area contributed by atoms with Crippen LogP contribution in [-0.4, -0.2) is 134 Å². The van der Waals surface area contributed by atoms with Crippen LogP contribution in [0.5, 0.6) is 11.5 Å². The Hall–Kier alpha value is -5.12. The summed E-state index contributed by atoms with van der Waals surface area (Å²) in [6.07, 6.45) is 0.292. The van der Waals surface area contributed by atoms with Crippen molar-refractivity contribution >= 4 is 81.6 Å². The van der Waals surface area contributed by atoms with Gasteiger partial charge in [0.2, 0.25) is 12.5 Å². The van der Waals surface area contributed by atoms with Crippen LogP contribution in [0.3, 0.4) is 0 Å². The number of benzene rings is 1. The number of rotatable bonds is 16. The van der Waals surface area contributed by atoms with Gasteiger partial charge in [-0.15, -0.1) is 23.1 Å². The third-order valence-corrected chi connectivity index (χ3v) is 11.1. The number of carboxylic acids is 2. The second-order valence-corrected chi connectivity index (χ2v) is 14.4. The van der Waals surface area contributed by atoms with Crippen LogP contribution in [0.15, 0.2) is 33.9 Å². The highest BCUT2D eigenvalue weighted by Crippen LogP contribution is 2.41. The van der Waals surface area contributed by atoms with Crippen molar-refractivity contribution < 1.29 is 58.5 Å². The fraction of sp³-hybridized carbons (Fsp3) is 0.400. The number of hydrogen-bond acceptors (Lipinski definition) is 15. The summed E-state index contributed by atoms with van der Waals surface area (Å²) < 4.78 is 0.421. The van der Waals surface area contributed by atoms with Gasteiger partial charge < -0.3 is 56.2 Å². The van der Waals surface area contributed by atoms with Gasteiger partial charge in [0.1, 0.15) is 23.7 Å². The summed E-state index contributed by atoms with van der Waals surface area (Å²) in [6.45, 7) is 1.73. The number of phenols is 2. The number of fused-ring (bicyclic) bond motifs is 1. The first kappa shape index (κ1) is 38.1. The number of aromatic nitrogens is 1. The molecule has 0 unspecified atom stereocenters. The topological polar surface area (TPSA) is 286 Å². The first-order valence-corrected chi connectivity index (χ1v) is 17.9. The number of aromatic hydroxyl groups is 2. The highest BCUT2D eigenvalue weighted by molar-refractivity contribution is 8.00. The average Bonchev–Trinajstić information content (AvgIpc) is 3.75. The number of phenolic OH excluding ortho intramolecular Hbond substituents is 2. The average molecular weight is 781 g/mol. The van der Waals surface area contributed by atoms with Crippen LogP contribution in [-0.2, 0) is 28.8 Å². The summed E-state index contributed by atoms with van der Waals surface area (Å²) in [4.78, 5) is 84.4. The van der Waals surface area contributed by atoms with Crippen LogP contribution < -0.4 is 26.8 Å². The summed E-state index contributed by atoms with van der Waals surface area (Å²) in [6, 6.07) is 1.23. The van der Waals surface area contributed by atoms with Gasteiger partial charge in [0, 0.05) is 29.5 Å². The first-order valence-electron chi connectivity index (χ1n) is 15.6. The van der Waals surface area contributed by atoms with E-state index in [0.717, 1.165) is 35.1 Å². The lowest BCUT2D eigenvalue weighted by Gasteiger charge is -2.51. The molecule has 1 aromatic heterocycles. The third-order valence-electron chi connectivity index (χ3n) is 8.69. The zero-order chi connectivity index (χ0) is 37.7. The monoisotopic (exact) mass is 780 g/mol. The number of nitrogens with two attached hydrogens (primary N) is 1. The number of β-lactam (4-membered cyclic amide) rings is 1. The fourth-order valence-corrected chi connectivity index (χ4v) is 8.28. The van der Waals surface area contributed by atoms with E-state index in [1.54, 1.807) is 0 Å². The Kier molecular flexibility index (Phi) is 11.8. The van der Waals surface area contributed by atoms with Crippen LogP contribution in [0.1, 0.15) is 28.9 Å². The normalized spacial score (nSPS) is 20.0. The Morgan fingerprint density at radius 3 is 2.62 bits per heavy atom. The SMILES string of the molecule is Nc1nc(/C(=N/O[C@@H](CNC=O)C(=O)O)C(=O)N[C@@H]2C(=O)N3C(C(=O)[O-])=C(C[N+]4(CCNC(=O)c5ccc(O)c(O)c5Cl)CCCC4)CS[C@H]23)cs1. The van der Waals surface area contributed by atoms with E-state index in [1.807, 2.05) is 0 Å². The van der Waals surface area contributed by atoms with E-state index < -0.39 is 70.9 Å². The van der Waals surface area contributed by atoms with E-state index in [9.17, 15) is 49.2 Å². The van der Waals surface area contributed by atoms with E-state index >= 15 is 0 Å². The van der Waals surface area contributed by atoms with Crippen molar-refractivity contribution in [2.24, 2.45) is 5.16 Å². The van der Waals surface area contributed by atoms with Crippen LogP contribution >= 0.6 is 34.7 Å². The Bertz CT molecular complexity index is 1850. The Morgan fingerprint density at radius 1 is 1.25 bits per heavy atom. The quantitative estimate of drug-likeness (QED) is 0.0246. The van der Waals surface area contributed by atoms with Crippen molar-refractivity contribution in [2.75, 3.05) is 50.8 Å². The van der Waals surface area contributed by atoms with Crippen molar-refractivity contribution in [3.8, 4) is 11.5 Å². The van der Waals surface area contributed by atoms with E-state index in [2.05, 4.69) is 26.1 Å². The number of halogens is 1. The number of likely N-dealkylation sites (tertiary alicyclic amines) is 1. The number of amides is 4. The second kappa shape index (κ2) is 16.0. The minimum atomic E-state index is -1.67. The molecule has 0 spiro atoms. The zero-order valence-corrected chi connectivity index (χ0v) is 29.5. The maximum absolute atomic E-state index is 13.5. The standard InChI is InChI=1S/C30H33ClN8O11S2/c31-19-15(3-4-17(41)23(19)42)24(43)34-5-8-39(6-1-2-7-39)10-14-11-51-27-21(26(45)38(27)22(14)29(48)49)36-25(44)20(16-12-52-30(32)35-16)37-50-18(28(46)47)9-33-13-40/h3-4,12-13,18,21,27H,1-2,5-11H2,(H8-,32,33,34,35,36,37,40,41,42,43,44,46,47,48,49)/t18-,21+,27+/m0/s1. The lowest BCUT2D eigenvalue weighted by molar-refractivity contribution is -0.911. The molecule has 2 aromatic rings. The molecule has 0 aliphatic carbocycles. The van der Waals surface area contributed by atoms with Crippen LogP contribution in [0.2, 0.25) is 5.02 Å². The third kappa shape index (κ3) is 8.01. The maximum atomic E-state index is 13.5. The van der Waals surface area contributed by atoms with Crippen molar-refractivity contribution in [2.45, 2.75) is 30.4 Å². The molecule has 278 valence electrons. The highest BCUT2D eigenvalue weighted by Gasteiger charge is 2.54. The molecule has 5 rings (SSSR count). The van der Waals surface area contributed by atoms with Gasteiger partial charge in [0.05, 0.1) is 55.0 Å². The minimum Gasteiger partial charge on any atom is -0.543 e. The molecule has 1 aromatic carbocycles. The molecule has 8 N–H and O–H groups in total. The molecule has 3 atom stereocenters. The summed E-state index contributed by atoms with van der Waals surface area (Å²) in [5.41, 5.74) is 5.25. The molecule has 3 aliphatic rings. The molecule has 4 heterocycles. The van der Waals surface area contributed by atoms with Crippen molar-refractivity contribution in [1.29, 1.82) is 0 Å². The van der Waals surface area contributed by atoms with Gasteiger partial charge in [-0.2, -0.15) is 0 Å². The number of carbonyl (C=O) groups excluding carboxylic acids is 5. The van der Waals surface area contributed by atoms with Gasteiger partial charge in [0.15, 0.2) is 22.3 Å². The molecule has 0 saturated carbocycles. The summed E-state index contributed by atoms with van der Waals surface area (Å²) in [5.74, 6) is -6.23. The molecule has 2 saturated heterocycles. The number of nitrogens with zero attached hydrogens (tertiary/aromatic N) is 4. The maximum Gasteiger partial charge on any atom is 0.349 e. The molecule has 52 heavy (non-hydrogen) atoms. The summed E-state index contributed by atoms with van der Waals surface area (Å²) >= 11 is 8.22. The van der Waals surface area contributed by atoms with Crippen molar-refractivity contribution in [3.05, 3.63) is 45.1 Å². The van der Waals surface area contributed by atoms with E-state index in [-0.39, 0.29) is 52.4 Å². The molecule has 0 radical (unpaired) electrons. The minimum absolute atomic E-state index is 0.0301. The molecule has 19 nitrogen and oxygen atoms in total. The Balaban J connectivity index is 1.29. The largest absolute Gasteiger partial charge is 0.543 e. The predicted octanol–water partition coefficient (Wildman–Crippen LogP) is -1.85.